The summed E-state index contributed by atoms with van der Waals surface area (Å²) in [4.78, 5) is 4.70. The van der Waals surface area contributed by atoms with Crippen LogP contribution in [0.5, 0.6) is 0 Å². The van der Waals surface area contributed by atoms with Crippen LogP contribution in [-0.4, -0.2) is 0 Å². The molecule has 3 heteroatoms. The molecule has 0 saturated carbocycles. The maximum Gasteiger partial charge on any atom is 0.152 e. The van der Waals surface area contributed by atoms with E-state index in [9.17, 15) is 0 Å². The zero-order valence-corrected chi connectivity index (χ0v) is 41.3. The minimum Gasteiger partial charge on any atom is -0.455 e. The monoisotopic (exact) mass is 958 g/mol. The van der Waals surface area contributed by atoms with Crippen LogP contribution in [-0.2, 0) is 0 Å². The molecule has 0 saturated heterocycles. The lowest BCUT2D eigenvalue weighted by molar-refractivity contribution is 0.670. The van der Waals surface area contributed by atoms with Gasteiger partial charge in [-0.1, -0.05) is 201 Å². The van der Waals surface area contributed by atoms with Gasteiger partial charge in [0, 0.05) is 51.4 Å². The molecular weight excluding hydrogens is 909 g/mol. The highest BCUT2D eigenvalue weighted by molar-refractivity contribution is 6.08. The van der Waals surface area contributed by atoms with Crippen molar-refractivity contribution < 1.29 is 4.42 Å². The van der Waals surface area contributed by atoms with Crippen molar-refractivity contribution >= 4 is 55.8 Å². The van der Waals surface area contributed by atoms with Crippen LogP contribution in [0.2, 0.25) is 0 Å². The van der Waals surface area contributed by atoms with Gasteiger partial charge in [0.1, 0.15) is 5.58 Å². The molecule has 75 heavy (non-hydrogen) atoms. The summed E-state index contributed by atoms with van der Waals surface area (Å²) < 4.78 is 6.41. The molecule has 354 valence electrons. The zero-order valence-electron chi connectivity index (χ0n) is 41.3. The van der Waals surface area contributed by atoms with Crippen molar-refractivity contribution in [1.82, 2.24) is 0 Å². The Balaban J connectivity index is 0.819. The number of nitrogens with zero attached hydrogens (tertiary/aromatic N) is 2. The third-order valence-corrected chi connectivity index (χ3v) is 14.6. The largest absolute Gasteiger partial charge is 0.455 e. The molecule has 1 aliphatic carbocycles. The van der Waals surface area contributed by atoms with Gasteiger partial charge >= 0.3 is 0 Å². The summed E-state index contributed by atoms with van der Waals surface area (Å²) in [5.74, 6) is 0. The van der Waals surface area contributed by atoms with Crippen LogP contribution in [0, 0.1) is 12.1 Å². The Bertz CT molecular complexity index is 4060. The first-order chi connectivity index (χ1) is 37.1. The first-order valence-corrected chi connectivity index (χ1v) is 25.6. The number of benzene rings is 9. The van der Waals surface area contributed by atoms with Crippen LogP contribution in [0.3, 0.4) is 0 Å². The standard InChI is InChI=1S/C72H50N2O/c1-50-16-11-12-47-73(69-28-8-5-23-64(50)69)70-29-9-6-24-65(70)56-33-31-52(32-34-56)53-35-41-61(42-36-53)74(62-43-37-54(38-44-62)58-20-13-19-57(48-58)51-17-3-2-4-18-51)63-45-39-55(40-46-63)59-21-14-22-60(49-59)66-26-15-27-68-67-25-7-10-30-71(67)75-72(66)68/h2-14,16-26,28-39,41-45,47-49H,1,40,46H2/b16-11-,47-12-. The minimum absolute atomic E-state index is 0.843. The van der Waals surface area contributed by atoms with Crippen molar-refractivity contribution in [3.8, 4) is 55.6 Å². The quantitative estimate of drug-likeness (QED) is 0.136. The summed E-state index contributed by atoms with van der Waals surface area (Å²) in [5, 5.41) is 2.02. The summed E-state index contributed by atoms with van der Waals surface area (Å²) in [5.41, 5.74) is 23.5. The maximum atomic E-state index is 6.41. The summed E-state index contributed by atoms with van der Waals surface area (Å²) in [6.45, 7) is 4.36. The first-order valence-electron chi connectivity index (χ1n) is 25.6. The van der Waals surface area contributed by atoms with E-state index in [2.05, 4.69) is 271 Å². The fraction of sp³-hybridized carbons (Fsp3) is 0.0278. The fourth-order valence-corrected chi connectivity index (χ4v) is 10.8. The molecule has 11 aromatic rings. The molecule has 1 aromatic heterocycles. The Morgan fingerprint density at radius 3 is 1.73 bits per heavy atom. The number of para-hydroxylation sites is 3. The van der Waals surface area contributed by atoms with Gasteiger partial charge in [0.2, 0.25) is 0 Å². The molecule has 0 unspecified atom stereocenters. The number of hydrogen-bond acceptors (Lipinski definition) is 3. The van der Waals surface area contributed by atoms with E-state index in [0.29, 0.717) is 0 Å². The Morgan fingerprint density at radius 1 is 0.453 bits per heavy atom. The van der Waals surface area contributed by atoms with Gasteiger partial charge in [-0.2, -0.15) is 0 Å². The third-order valence-electron chi connectivity index (χ3n) is 14.6. The van der Waals surface area contributed by atoms with Crippen LogP contribution >= 0.6 is 0 Å². The number of fused-ring (bicyclic) bond motifs is 4. The lowest BCUT2D eigenvalue weighted by atomic mass is 9.92. The van der Waals surface area contributed by atoms with Crippen molar-refractivity contribution in [2.24, 2.45) is 0 Å². The minimum atomic E-state index is 0.843. The van der Waals surface area contributed by atoms with Crippen LogP contribution in [0.4, 0.5) is 22.7 Å². The maximum absolute atomic E-state index is 6.41. The second-order valence-corrected chi connectivity index (χ2v) is 19.1. The smallest absolute Gasteiger partial charge is 0.152 e. The molecule has 0 N–H and O–H groups in total. The number of furan rings is 1. The van der Waals surface area contributed by atoms with Gasteiger partial charge < -0.3 is 14.2 Å². The lowest BCUT2D eigenvalue weighted by Gasteiger charge is -2.30. The van der Waals surface area contributed by atoms with Crippen LogP contribution in [0.15, 0.2) is 284 Å². The summed E-state index contributed by atoms with van der Waals surface area (Å²) in [6.07, 6.45) is 14.7. The van der Waals surface area contributed by atoms with E-state index < -0.39 is 0 Å². The van der Waals surface area contributed by atoms with Crippen LogP contribution in [0.25, 0.3) is 88.7 Å². The topological polar surface area (TPSA) is 19.6 Å². The van der Waals surface area contributed by atoms with Crippen LogP contribution < -0.4 is 9.80 Å². The Morgan fingerprint density at radius 2 is 1.01 bits per heavy atom. The van der Waals surface area contributed by atoms with Crippen molar-refractivity contribution in [2.75, 3.05) is 9.80 Å². The SMILES string of the molecule is C=C1/C=C\C=C/N(c2ccccc2-c2ccc(-c3ccc(N(C4=CC=C(c5cccc(-c6cc#cc7c6oc6ccccc67)c5)CC4)c4ccc(-c5cccc(-c6ccccc6)c5)cc4)cc3)cc2)c2ccccc21. The van der Waals surface area contributed by atoms with Gasteiger partial charge in [-0.3, -0.25) is 0 Å². The van der Waals surface area contributed by atoms with Gasteiger partial charge in [-0.05, 0) is 147 Å². The lowest BCUT2D eigenvalue weighted by Crippen LogP contribution is -2.17. The van der Waals surface area contributed by atoms with Gasteiger partial charge in [0.05, 0.1) is 16.8 Å². The van der Waals surface area contributed by atoms with E-state index in [0.717, 1.165) is 102 Å². The number of rotatable bonds is 10. The molecule has 0 fully saturated rings. The molecule has 0 radical (unpaired) electrons. The van der Waals surface area contributed by atoms with Crippen molar-refractivity contribution in [3.63, 3.8) is 0 Å². The van der Waals surface area contributed by atoms with Gasteiger partial charge in [0.25, 0.3) is 0 Å². The normalized spacial score (nSPS) is 14.0. The van der Waals surface area contributed by atoms with E-state index in [4.69, 9.17) is 4.42 Å². The predicted molar refractivity (Wildman–Crippen MR) is 315 cm³/mol. The van der Waals surface area contributed by atoms with Crippen molar-refractivity contribution in [1.29, 1.82) is 0 Å². The van der Waals surface area contributed by atoms with E-state index in [1.54, 1.807) is 0 Å². The number of anilines is 4. The average molecular weight is 959 g/mol. The highest BCUT2D eigenvalue weighted by atomic mass is 16.3. The molecule has 13 rings (SSSR count). The van der Waals surface area contributed by atoms with Crippen molar-refractivity contribution in [3.05, 3.63) is 303 Å². The summed E-state index contributed by atoms with van der Waals surface area (Å²) in [7, 11) is 0. The molecule has 0 spiro atoms. The molecule has 2 heterocycles. The molecule has 1 aliphatic heterocycles. The Hall–Kier alpha value is -9.88. The highest BCUT2D eigenvalue weighted by Crippen LogP contribution is 2.43. The molecule has 0 bridgehead atoms. The second kappa shape index (κ2) is 19.6. The van der Waals surface area contributed by atoms with E-state index in [1.165, 1.54) is 39.1 Å². The highest BCUT2D eigenvalue weighted by Gasteiger charge is 2.21. The van der Waals surface area contributed by atoms with E-state index in [1.807, 2.05) is 24.3 Å². The molecule has 10 aromatic carbocycles. The zero-order chi connectivity index (χ0) is 50.1. The average Bonchev–Trinajstić information content (AvgIpc) is 3.87. The van der Waals surface area contributed by atoms with E-state index in [-0.39, 0.29) is 0 Å². The fourth-order valence-electron chi connectivity index (χ4n) is 10.8. The first kappa shape index (κ1) is 45.0. The second-order valence-electron chi connectivity index (χ2n) is 19.1. The number of hydrogen-bond donors (Lipinski definition) is 0. The van der Waals surface area contributed by atoms with E-state index >= 15 is 0 Å². The summed E-state index contributed by atoms with van der Waals surface area (Å²) in [6, 6.07) is 89.1. The molecule has 3 nitrogen and oxygen atoms in total. The predicted octanol–water partition coefficient (Wildman–Crippen LogP) is 19.7. The third kappa shape index (κ3) is 8.75. The van der Waals surface area contributed by atoms with Crippen molar-refractivity contribution in [2.45, 2.75) is 12.8 Å². The molecule has 0 atom stereocenters. The Labute approximate surface area is 438 Å². The van der Waals surface area contributed by atoms with Gasteiger partial charge in [-0.25, -0.2) is 0 Å². The number of allylic oxidation sites excluding steroid dienone is 8. The van der Waals surface area contributed by atoms with Gasteiger partial charge in [0.15, 0.2) is 5.58 Å². The summed E-state index contributed by atoms with van der Waals surface area (Å²) >= 11 is 0. The molecule has 0 amide bonds. The van der Waals surface area contributed by atoms with Gasteiger partial charge in [-0.15, -0.1) is 0 Å². The molecule has 2 aliphatic rings. The Kier molecular flexibility index (Phi) is 11.8. The molecular formula is C72H50N2O. The van der Waals surface area contributed by atoms with Crippen LogP contribution in [0.1, 0.15) is 24.0 Å².